The molecule has 0 aliphatic carbocycles. The van der Waals surface area contributed by atoms with Gasteiger partial charge in [-0.25, -0.2) is 9.07 Å². The lowest BCUT2D eigenvalue weighted by Crippen LogP contribution is -1.95. The maximum atomic E-state index is 12.9. The third-order valence-electron chi connectivity index (χ3n) is 1.95. The normalized spacial score (nSPS) is 10.4. The summed E-state index contributed by atoms with van der Waals surface area (Å²) in [4.78, 5) is 0. The van der Waals surface area contributed by atoms with Crippen molar-refractivity contribution in [1.82, 2.24) is 15.0 Å². The molecule has 2 N–H and O–H groups in total. The average Bonchev–Trinajstić information content (AvgIpc) is 2.46. The fraction of sp³-hybridized carbons (Fsp3) is 0.111. The summed E-state index contributed by atoms with van der Waals surface area (Å²) in [6.07, 6.45) is 0. The number of hydrogen-bond donors (Lipinski definition) is 1. The van der Waals surface area contributed by atoms with Crippen LogP contribution in [0.1, 0.15) is 0 Å². The molecule has 0 bridgehead atoms. The molecule has 0 unspecified atom stereocenters. The van der Waals surface area contributed by atoms with Gasteiger partial charge in [0.25, 0.3) is 0 Å². The summed E-state index contributed by atoms with van der Waals surface area (Å²) in [6.45, 7) is 0. The highest BCUT2D eigenvalue weighted by molar-refractivity contribution is 5.69. The van der Waals surface area contributed by atoms with Gasteiger partial charge in [-0.2, -0.15) is 0 Å². The van der Waals surface area contributed by atoms with E-state index in [4.69, 9.17) is 5.73 Å². The molecule has 0 saturated carbocycles. The molecule has 5 heteroatoms. The maximum absolute atomic E-state index is 12.9. The Labute approximate surface area is 80.2 Å². The van der Waals surface area contributed by atoms with Crippen LogP contribution in [0.15, 0.2) is 24.3 Å². The Hall–Kier alpha value is -1.91. The quantitative estimate of drug-likeness (QED) is 0.738. The second-order valence-electron chi connectivity index (χ2n) is 2.96. The van der Waals surface area contributed by atoms with Crippen LogP contribution in [0, 0.1) is 5.82 Å². The number of aryl methyl sites for hydroxylation is 1. The van der Waals surface area contributed by atoms with Crippen LogP contribution in [0.3, 0.4) is 0 Å². The second-order valence-corrected chi connectivity index (χ2v) is 2.96. The third kappa shape index (κ3) is 1.32. The number of nitrogens with zero attached hydrogens (tertiary/aromatic N) is 3. The van der Waals surface area contributed by atoms with Gasteiger partial charge in [-0.3, -0.25) is 0 Å². The topological polar surface area (TPSA) is 56.7 Å². The summed E-state index contributed by atoms with van der Waals surface area (Å²) < 4.78 is 14.4. The van der Waals surface area contributed by atoms with Crippen LogP contribution in [0.2, 0.25) is 0 Å². The smallest absolute Gasteiger partial charge is 0.174 e. The van der Waals surface area contributed by atoms with Crippen molar-refractivity contribution in [1.29, 1.82) is 0 Å². The molecule has 0 spiro atoms. The maximum Gasteiger partial charge on any atom is 0.174 e. The van der Waals surface area contributed by atoms with Gasteiger partial charge < -0.3 is 5.73 Å². The molecule has 0 radical (unpaired) electrons. The van der Waals surface area contributed by atoms with Crippen molar-refractivity contribution in [2.24, 2.45) is 7.05 Å². The molecule has 4 nitrogen and oxygen atoms in total. The van der Waals surface area contributed by atoms with Crippen LogP contribution in [-0.2, 0) is 7.05 Å². The van der Waals surface area contributed by atoms with E-state index in [1.54, 1.807) is 19.2 Å². The predicted molar refractivity (Wildman–Crippen MR) is 50.8 cm³/mol. The van der Waals surface area contributed by atoms with Crippen LogP contribution < -0.4 is 5.73 Å². The number of hydrogen-bond acceptors (Lipinski definition) is 3. The Morgan fingerprint density at radius 3 is 2.79 bits per heavy atom. The van der Waals surface area contributed by atoms with Gasteiger partial charge in [0.05, 0.1) is 0 Å². The molecule has 72 valence electrons. The van der Waals surface area contributed by atoms with Crippen LogP contribution >= 0.6 is 0 Å². The van der Waals surface area contributed by atoms with E-state index >= 15 is 0 Å². The van der Waals surface area contributed by atoms with Crippen molar-refractivity contribution in [2.75, 3.05) is 5.73 Å². The summed E-state index contributed by atoms with van der Waals surface area (Å²) in [5.41, 5.74) is 6.91. The summed E-state index contributed by atoms with van der Waals surface area (Å²) >= 11 is 0. The molecule has 0 saturated heterocycles. The SMILES string of the molecule is Cn1nnc(N)c1-c1cccc(F)c1. The van der Waals surface area contributed by atoms with Gasteiger partial charge in [0.2, 0.25) is 0 Å². The summed E-state index contributed by atoms with van der Waals surface area (Å²) in [6, 6.07) is 6.16. The molecular formula is C9H9FN4. The fourth-order valence-electron chi connectivity index (χ4n) is 1.34. The van der Waals surface area contributed by atoms with Crippen molar-refractivity contribution < 1.29 is 4.39 Å². The predicted octanol–water partition coefficient (Wildman–Crippen LogP) is 1.20. The minimum Gasteiger partial charge on any atom is -0.380 e. The van der Waals surface area contributed by atoms with E-state index in [1.807, 2.05) is 0 Å². The van der Waals surface area contributed by atoms with E-state index in [1.165, 1.54) is 16.8 Å². The number of benzene rings is 1. The lowest BCUT2D eigenvalue weighted by Gasteiger charge is -2.01. The number of anilines is 1. The van der Waals surface area contributed by atoms with Crippen LogP contribution in [0.5, 0.6) is 0 Å². The lowest BCUT2D eigenvalue weighted by atomic mass is 10.1. The summed E-state index contributed by atoms with van der Waals surface area (Å²) in [7, 11) is 1.71. The first-order valence-corrected chi connectivity index (χ1v) is 4.09. The molecule has 0 fully saturated rings. The molecule has 1 aromatic carbocycles. The van der Waals surface area contributed by atoms with Crippen LogP contribution in [0.25, 0.3) is 11.3 Å². The third-order valence-corrected chi connectivity index (χ3v) is 1.95. The van der Waals surface area contributed by atoms with Crippen molar-refractivity contribution in [3.8, 4) is 11.3 Å². The van der Waals surface area contributed by atoms with Crippen molar-refractivity contribution in [3.63, 3.8) is 0 Å². The van der Waals surface area contributed by atoms with E-state index in [0.717, 1.165) is 0 Å². The number of halogens is 1. The molecule has 0 aliphatic rings. The molecule has 1 heterocycles. The molecule has 2 rings (SSSR count). The Morgan fingerprint density at radius 2 is 2.21 bits per heavy atom. The van der Waals surface area contributed by atoms with Gasteiger partial charge >= 0.3 is 0 Å². The van der Waals surface area contributed by atoms with E-state index in [-0.39, 0.29) is 5.82 Å². The van der Waals surface area contributed by atoms with Gasteiger partial charge in [0.15, 0.2) is 5.82 Å². The number of nitrogens with two attached hydrogens (primary N) is 1. The molecule has 0 aliphatic heterocycles. The molecule has 0 atom stereocenters. The Morgan fingerprint density at radius 1 is 1.43 bits per heavy atom. The average molecular weight is 192 g/mol. The summed E-state index contributed by atoms with van der Waals surface area (Å²) in [5, 5.41) is 7.43. The minimum atomic E-state index is -0.303. The molecule has 14 heavy (non-hydrogen) atoms. The Kier molecular flexibility index (Phi) is 1.92. The number of aromatic nitrogens is 3. The largest absolute Gasteiger partial charge is 0.380 e. The number of rotatable bonds is 1. The zero-order chi connectivity index (χ0) is 10.1. The molecular weight excluding hydrogens is 183 g/mol. The second kappa shape index (κ2) is 3.10. The van der Waals surface area contributed by atoms with Crippen LogP contribution in [0.4, 0.5) is 10.2 Å². The van der Waals surface area contributed by atoms with Gasteiger partial charge in [-0.1, -0.05) is 17.3 Å². The highest BCUT2D eigenvalue weighted by atomic mass is 19.1. The minimum absolute atomic E-state index is 0.303. The zero-order valence-electron chi connectivity index (χ0n) is 7.61. The zero-order valence-corrected chi connectivity index (χ0v) is 7.61. The van der Waals surface area contributed by atoms with Crippen LogP contribution in [-0.4, -0.2) is 15.0 Å². The lowest BCUT2D eigenvalue weighted by molar-refractivity contribution is 0.628. The fourth-order valence-corrected chi connectivity index (χ4v) is 1.34. The van der Waals surface area contributed by atoms with E-state index in [2.05, 4.69) is 10.3 Å². The van der Waals surface area contributed by atoms with Gasteiger partial charge in [0, 0.05) is 12.6 Å². The van der Waals surface area contributed by atoms with Crippen molar-refractivity contribution in [3.05, 3.63) is 30.1 Å². The first kappa shape index (κ1) is 8.68. The van der Waals surface area contributed by atoms with E-state index < -0.39 is 0 Å². The Bertz CT molecular complexity index is 444. The van der Waals surface area contributed by atoms with Gasteiger partial charge in [-0.15, -0.1) is 5.10 Å². The highest BCUT2D eigenvalue weighted by Crippen LogP contribution is 2.23. The first-order valence-electron chi connectivity index (χ1n) is 4.09. The Balaban J connectivity index is 2.59. The molecule has 0 amide bonds. The number of nitrogen functional groups attached to an aromatic ring is 1. The molecule has 2 aromatic rings. The van der Waals surface area contributed by atoms with Crippen molar-refractivity contribution >= 4 is 5.82 Å². The van der Waals surface area contributed by atoms with E-state index in [0.29, 0.717) is 17.1 Å². The first-order chi connectivity index (χ1) is 6.68. The standard InChI is InChI=1S/C9H9FN4/c1-14-8(9(11)12-13-14)6-3-2-4-7(10)5-6/h2-5H,11H2,1H3. The summed E-state index contributed by atoms with van der Waals surface area (Å²) in [5.74, 6) is 0.00111. The monoisotopic (exact) mass is 192 g/mol. The van der Waals surface area contributed by atoms with Gasteiger partial charge in [-0.05, 0) is 12.1 Å². The highest BCUT2D eigenvalue weighted by Gasteiger charge is 2.09. The van der Waals surface area contributed by atoms with Gasteiger partial charge in [0.1, 0.15) is 11.5 Å². The molecule has 1 aromatic heterocycles. The van der Waals surface area contributed by atoms with E-state index in [9.17, 15) is 4.39 Å². The van der Waals surface area contributed by atoms with Crippen molar-refractivity contribution in [2.45, 2.75) is 0 Å².